The van der Waals surface area contributed by atoms with Crippen molar-refractivity contribution in [3.8, 4) is 5.88 Å². The van der Waals surface area contributed by atoms with Crippen molar-refractivity contribution in [1.82, 2.24) is 19.4 Å². The number of amides is 1. The Kier molecular flexibility index (Phi) is 12.9. The topological polar surface area (TPSA) is 221 Å². The number of carboxylic acids is 3. The van der Waals surface area contributed by atoms with Crippen LogP contribution in [0, 0.1) is 0 Å². The standard InChI is InChI=1S/C26H36FN5O10/c1-2-16-13-30(14-17(29-16)6-5-10-27)15-20(33)28-11-4-3-7-18(24(38)39)31-21(34)12-22(35)32(26(31)42)19(25(40)41)8-9-23(36)37/h12,14,18-19,35H,2-11,13,15H2,1H3,(H,28,33)(H,36,37)(H,38,39)(H,40,41). The van der Waals surface area contributed by atoms with Gasteiger partial charge >= 0.3 is 23.6 Å². The third kappa shape index (κ3) is 9.55. The number of nitrogens with one attached hydrogen (secondary N) is 1. The number of aliphatic carboxylic acids is 3. The van der Waals surface area contributed by atoms with Crippen molar-refractivity contribution < 1.29 is 44.0 Å². The fourth-order valence-electron chi connectivity index (χ4n) is 4.47. The Morgan fingerprint density at radius 1 is 1.02 bits per heavy atom. The Morgan fingerprint density at radius 3 is 2.29 bits per heavy atom. The molecule has 1 amide bonds. The summed E-state index contributed by atoms with van der Waals surface area (Å²) >= 11 is 0. The van der Waals surface area contributed by atoms with Gasteiger partial charge in [0.05, 0.1) is 31.5 Å². The molecule has 2 unspecified atom stereocenters. The van der Waals surface area contributed by atoms with Gasteiger partial charge in [-0.1, -0.05) is 6.92 Å². The van der Waals surface area contributed by atoms with Gasteiger partial charge in [-0.05, 0) is 44.9 Å². The van der Waals surface area contributed by atoms with E-state index < -0.39 is 66.6 Å². The number of alkyl halides is 1. The Balaban J connectivity index is 2.04. The number of nitrogens with zero attached hydrogens (tertiary/aromatic N) is 4. The smallest absolute Gasteiger partial charge is 0.335 e. The second-order valence-corrected chi connectivity index (χ2v) is 9.70. The Labute approximate surface area is 239 Å². The molecule has 0 saturated heterocycles. The van der Waals surface area contributed by atoms with Gasteiger partial charge in [0.1, 0.15) is 12.1 Å². The van der Waals surface area contributed by atoms with Crippen LogP contribution in [0.1, 0.15) is 70.4 Å². The number of unbranched alkanes of at least 4 members (excludes halogenated alkanes) is 1. The molecule has 0 aromatic carbocycles. The van der Waals surface area contributed by atoms with Gasteiger partial charge in [0, 0.05) is 24.9 Å². The number of rotatable bonds is 18. The zero-order chi connectivity index (χ0) is 31.4. The number of aliphatic imine (C=N–C) groups is 1. The predicted octanol–water partition coefficient (Wildman–Crippen LogP) is 0.876. The van der Waals surface area contributed by atoms with E-state index >= 15 is 0 Å². The first-order valence-electron chi connectivity index (χ1n) is 13.5. The summed E-state index contributed by atoms with van der Waals surface area (Å²) in [5, 5.41) is 40.9. The molecule has 232 valence electrons. The zero-order valence-electron chi connectivity index (χ0n) is 23.2. The van der Waals surface area contributed by atoms with Gasteiger partial charge in [0.15, 0.2) is 0 Å². The third-order valence-corrected chi connectivity index (χ3v) is 6.54. The highest BCUT2D eigenvalue weighted by Crippen LogP contribution is 2.20. The molecular formula is C26H36FN5O10. The summed E-state index contributed by atoms with van der Waals surface area (Å²) in [4.78, 5) is 78.8. The van der Waals surface area contributed by atoms with Crippen LogP contribution in [-0.4, -0.2) is 90.3 Å². The predicted molar refractivity (Wildman–Crippen MR) is 146 cm³/mol. The molecule has 15 nitrogen and oxygen atoms in total. The quantitative estimate of drug-likeness (QED) is 0.149. The van der Waals surface area contributed by atoms with E-state index in [0.717, 1.165) is 5.71 Å². The summed E-state index contributed by atoms with van der Waals surface area (Å²) in [6, 6.07) is -3.07. The molecule has 42 heavy (non-hydrogen) atoms. The molecule has 0 fully saturated rings. The average molecular weight is 598 g/mol. The summed E-state index contributed by atoms with van der Waals surface area (Å²) in [5.41, 5.74) is -1.01. The number of halogens is 1. The van der Waals surface area contributed by atoms with Crippen LogP contribution in [0.2, 0.25) is 0 Å². The Morgan fingerprint density at radius 2 is 1.69 bits per heavy atom. The lowest BCUT2D eigenvalue weighted by Gasteiger charge is -2.25. The van der Waals surface area contributed by atoms with Crippen LogP contribution in [0.5, 0.6) is 5.88 Å². The summed E-state index contributed by atoms with van der Waals surface area (Å²) in [6.45, 7) is 2.12. The molecular weight excluding hydrogens is 561 g/mol. The second-order valence-electron chi connectivity index (χ2n) is 9.70. The van der Waals surface area contributed by atoms with Crippen molar-refractivity contribution >= 4 is 29.5 Å². The second kappa shape index (κ2) is 16.1. The molecule has 0 aliphatic carbocycles. The maximum atomic E-state index is 13.0. The number of aromatic hydroxyl groups is 1. The van der Waals surface area contributed by atoms with Crippen LogP contribution in [0.15, 0.2) is 32.5 Å². The third-order valence-electron chi connectivity index (χ3n) is 6.54. The molecule has 5 N–H and O–H groups in total. The zero-order valence-corrected chi connectivity index (χ0v) is 23.2. The SMILES string of the molecule is CCC1=NC(CCCF)=CN(CC(=O)NCCCCC(C(=O)O)n2c(=O)cc(O)n(C(CCC(=O)O)C(=O)O)c2=O)C1. The summed E-state index contributed by atoms with van der Waals surface area (Å²) in [7, 11) is 0. The van der Waals surface area contributed by atoms with E-state index in [4.69, 9.17) is 5.11 Å². The van der Waals surface area contributed by atoms with Crippen LogP contribution in [0.25, 0.3) is 0 Å². The van der Waals surface area contributed by atoms with Gasteiger partial charge in [-0.15, -0.1) is 0 Å². The van der Waals surface area contributed by atoms with Crippen LogP contribution in [0.3, 0.4) is 0 Å². The molecule has 2 atom stereocenters. The number of carbonyl (C=O) groups excluding carboxylic acids is 1. The van der Waals surface area contributed by atoms with Crippen LogP contribution >= 0.6 is 0 Å². The minimum Gasteiger partial charge on any atom is -0.494 e. The lowest BCUT2D eigenvalue weighted by atomic mass is 10.1. The average Bonchev–Trinajstić information content (AvgIpc) is 2.91. The van der Waals surface area contributed by atoms with Crippen LogP contribution in [0.4, 0.5) is 4.39 Å². The summed E-state index contributed by atoms with van der Waals surface area (Å²) in [6.07, 6.45) is 2.12. The molecule has 1 aromatic rings. The number of aromatic nitrogens is 2. The van der Waals surface area contributed by atoms with Crippen molar-refractivity contribution in [2.24, 2.45) is 4.99 Å². The first-order valence-corrected chi connectivity index (χ1v) is 13.5. The van der Waals surface area contributed by atoms with Gasteiger partial charge in [-0.25, -0.2) is 23.5 Å². The molecule has 1 aromatic heterocycles. The normalized spacial score (nSPS) is 14.5. The molecule has 1 aliphatic heterocycles. The molecule has 0 radical (unpaired) electrons. The van der Waals surface area contributed by atoms with Gasteiger partial charge in [0.2, 0.25) is 11.8 Å². The van der Waals surface area contributed by atoms with Gasteiger partial charge < -0.3 is 30.6 Å². The van der Waals surface area contributed by atoms with E-state index in [1.807, 2.05) is 6.92 Å². The maximum absolute atomic E-state index is 13.0. The minimum atomic E-state index is -1.86. The van der Waals surface area contributed by atoms with Gasteiger partial charge in [-0.3, -0.25) is 23.8 Å². The molecule has 0 spiro atoms. The number of hydrogen-bond donors (Lipinski definition) is 5. The molecule has 2 rings (SSSR count). The van der Waals surface area contributed by atoms with Crippen molar-refractivity contribution in [2.45, 2.75) is 70.4 Å². The summed E-state index contributed by atoms with van der Waals surface area (Å²) < 4.78 is 13.1. The highest BCUT2D eigenvalue weighted by molar-refractivity contribution is 5.88. The van der Waals surface area contributed by atoms with Crippen molar-refractivity contribution in [3.63, 3.8) is 0 Å². The van der Waals surface area contributed by atoms with Crippen LogP contribution in [-0.2, 0) is 19.2 Å². The molecule has 0 bridgehead atoms. The van der Waals surface area contributed by atoms with E-state index in [1.165, 1.54) is 0 Å². The largest absolute Gasteiger partial charge is 0.494 e. The lowest BCUT2D eigenvalue weighted by Crippen LogP contribution is -2.46. The van der Waals surface area contributed by atoms with E-state index in [1.54, 1.807) is 11.1 Å². The van der Waals surface area contributed by atoms with Crippen molar-refractivity contribution in [3.05, 3.63) is 38.8 Å². The monoisotopic (exact) mass is 597 g/mol. The van der Waals surface area contributed by atoms with Crippen molar-refractivity contribution in [1.29, 1.82) is 0 Å². The van der Waals surface area contributed by atoms with Crippen LogP contribution < -0.4 is 16.6 Å². The van der Waals surface area contributed by atoms with E-state index in [0.29, 0.717) is 42.1 Å². The number of hydrogen-bond acceptors (Lipinski definition) is 9. The molecule has 0 saturated carbocycles. The van der Waals surface area contributed by atoms with Gasteiger partial charge in [-0.2, -0.15) is 0 Å². The van der Waals surface area contributed by atoms with E-state index in [-0.39, 0.29) is 42.8 Å². The minimum absolute atomic E-state index is 0.0327. The van der Waals surface area contributed by atoms with Crippen molar-refractivity contribution in [2.75, 3.05) is 26.3 Å². The fourth-order valence-corrected chi connectivity index (χ4v) is 4.47. The van der Waals surface area contributed by atoms with Gasteiger partial charge in [0.25, 0.3) is 5.56 Å². The first kappa shape index (κ1) is 33.7. The summed E-state index contributed by atoms with van der Waals surface area (Å²) in [5.74, 6) is -5.91. The highest BCUT2D eigenvalue weighted by Gasteiger charge is 2.30. The molecule has 2 heterocycles. The highest BCUT2D eigenvalue weighted by atomic mass is 19.1. The Hall–Kier alpha value is -4.50. The lowest BCUT2D eigenvalue weighted by molar-refractivity contribution is -0.142. The van der Waals surface area contributed by atoms with E-state index in [2.05, 4.69) is 10.3 Å². The maximum Gasteiger partial charge on any atom is 0.335 e. The number of carboxylic acid groups (broad SMARTS) is 3. The van der Waals surface area contributed by atoms with E-state index in [9.17, 15) is 48.5 Å². The Bertz CT molecular complexity index is 1340. The number of allylic oxidation sites excluding steroid dienone is 1. The first-order chi connectivity index (χ1) is 19.9. The fraction of sp³-hybridized carbons (Fsp3) is 0.577. The molecule has 16 heteroatoms. The molecule has 1 aliphatic rings. The number of carbonyl (C=O) groups is 4.